The summed E-state index contributed by atoms with van der Waals surface area (Å²) in [5.41, 5.74) is 0. The van der Waals surface area contributed by atoms with E-state index >= 15 is 0 Å². The molecular weight excluding hydrogens is 262 g/mol. The lowest BCUT2D eigenvalue weighted by atomic mass is 10.2. The number of aliphatic imine (C=N–C) groups is 1. The van der Waals surface area contributed by atoms with Crippen LogP contribution in [-0.4, -0.2) is 48.1 Å². The van der Waals surface area contributed by atoms with Gasteiger partial charge in [0, 0.05) is 23.1 Å². The zero-order valence-corrected chi connectivity index (χ0v) is 13.7. The highest BCUT2D eigenvalue weighted by Gasteiger charge is 2.24. The van der Waals surface area contributed by atoms with E-state index in [0.717, 1.165) is 24.3 Å². The molecule has 0 aromatic heterocycles. The standard InChI is InChI=1S/C13H27N3S2/c1-5-14-13(15-9-10(2)17-3)16-11-6-7-12(8-11)18-4/h10-12H,5-9H2,1-4H3,(H2,14,15,16). The van der Waals surface area contributed by atoms with Crippen molar-refractivity contribution in [2.45, 2.75) is 49.7 Å². The molecule has 1 aliphatic rings. The molecule has 0 bridgehead atoms. The van der Waals surface area contributed by atoms with E-state index in [1.54, 1.807) is 0 Å². The first kappa shape index (κ1) is 16.0. The highest BCUT2D eigenvalue weighted by Crippen LogP contribution is 2.27. The van der Waals surface area contributed by atoms with Gasteiger partial charge < -0.3 is 10.6 Å². The predicted molar refractivity (Wildman–Crippen MR) is 87.0 cm³/mol. The third-order valence-electron chi connectivity index (χ3n) is 3.31. The molecule has 0 aliphatic heterocycles. The van der Waals surface area contributed by atoms with Crippen molar-refractivity contribution in [2.24, 2.45) is 4.99 Å². The van der Waals surface area contributed by atoms with Crippen molar-refractivity contribution < 1.29 is 0 Å². The van der Waals surface area contributed by atoms with Crippen LogP contribution in [0.5, 0.6) is 0 Å². The van der Waals surface area contributed by atoms with Gasteiger partial charge in [-0.25, -0.2) is 0 Å². The Balaban J connectivity index is 2.42. The molecule has 0 amide bonds. The summed E-state index contributed by atoms with van der Waals surface area (Å²) in [4.78, 5) is 4.67. The molecule has 0 radical (unpaired) electrons. The quantitative estimate of drug-likeness (QED) is 0.582. The van der Waals surface area contributed by atoms with Gasteiger partial charge in [0.05, 0.1) is 6.54 Å². The first-order valence-electron chi connectivity index (χ1n) is 6.80. The fourth-order valence-corrected chi connectivity index (χ4v) is 3.11. The van der Waals surface area contributed by atoms with Crippen molar-refractivity contribution >= 4 is 29.5 Å². The summed E-state index contributed by atoms with van der Waals surface area (Å²) in [7, 11) is 0. The molecule has 1 saturated carbocycles. The van der Waals surface area contributed by atoms with E-state index in [1.165, 1.54) is 19.3 Å². The Labute approximate surface area is 120 Å². The van der Waals surface area contributed by atoms with Crippen LogP contribution in [0.2, 0.25) is 0 Å². The average molecular weight is 290 g/mol. The Morgan fingerprint density at radius 3 is 2.72 bits per heavy atom. The summed E-state index contributed by atoms with van der Waals surface area (Å²) < 4.78 is 0. The van der Waals surface area contributed by atoms with Crippen LogP contribution in [0.25, 0.3) is 0 Å². The minimum atomic E-state index is 0.586. The van der Waals surface area contributed by atoms with Crippen molar-refractivity contribution in [2.75, 3.05) is 25.6 Å². The third kappa shape index (κ3) is 5.74. The van der Waals surface area contributed by atoms with Crippen LogP contribution in [0, 0.1) is 0 Å². The van der Waals surface area contributed by atoms with Gasteiger partial charge in [-0.05, 0) is 38.7 Å². The monoisotopic (exact) mass is 289 g/mol. The maximum atomic E-state index is 4.67. The van der Waals surface area contributed by atoms with Crippen LogP contribution in [0.15, 0.2) is 4.99 Å². The number of thioether (sulfide) groups is 2. The first-order valence-corrected chi connectivity index (χ1v) is 9.37. The lowest BCUT2D eigenvalue weighted by molar-refractivity contribution is 0.615. The van der Waals surface area contributed by atoms with Gasteiger partial charge in [-0.3, -0.25) is 4.99 Å². The zero-order valence-electron chi connectivity index (χ0n) is 12.0. The zero-order chi connectivity index (χ0) is 13.4. The highest BCUT2D eigenvalue weighted by molar-refractivity contribution is 7.99. The Kier molecular flexibility index (Phi) is 7.98. The number of guanidine groups is 1. The molecular formula is C13H27N3S2. The van der Waals surface area contributed by atoms with Gasteiger partial charge in [0.25, 0.3) is 0 Å². The molecule has 5 heteroatoms. The second kappa shape index (κ2) is 8.97. The number of nitrogens with zero attached hydrogens (tertiary/aromatic N) is 1. The fourth-order valence-electron chi connectivity index (χ4n) is 2.09. The molecule has 2 N–H and O–H groups in total. The number of nitrogens with one attached hydrogen (secondary N) is 2. The first-order chi connectivity index (χ1) is 8.69. The Morgan fingerprint density at radius 2 is 2.17 bits per heavy atom. The summed E-state index contributed by atoms with van der Waals surface area (Å²) >= 11 is 3.86. The van der Waals surface area contributed by atoms with E-state index in [1.807, 2.05) is 23.5 Å². The molecule has 0 spiro atoms. The number of hydrogen-bond donors (Lipinski definition) is 2. The van der Waals surface area contributed by atoms with E-state index in [0.29, 0.717) is 11.3 Å². The van der Waals surface area contributed by atoms with Crippen LogP contribution in [-0.2, 0) is 0 Å². The van der Waals surface area contributed by atoms with Gasteiger partial charge in [-0.15, -0.1) is 0 Å². The predicted octanol–water partition coefficient (Wildman–Crippen LogP) is 2.58. The lowest BCUT2D eigenvalue weighted by Gasteiger charge is -2.17. The topological polar surface area (TPSA) is 36.4 Å². The van der Waals surface area contributed by atoms with E-state index in [9.17, 15) is 0 Å². The minimum Gasteiger partial charge on any atom is -0.357 e. The molecule has 1 aliphatic carbocycles. The van der Waals surface area contributed by atoms with Crippen LogP contribution in [0.4, 0.5) is 0 Å². The number of rotatable bonds is 6. The molecule has 3 atom stereocenters. The molecule has 1 fully saturated rings. The maximum absolute atomic E-state index is 4.67. The summed E-state index contributed by atoms with van der Waals surface area (Å²) in [6.45, 7) is 6.15. The van der Waals surface area contributed by atoms with E-state index in [4.69, 9.17) is 0 Å². The Bertz CT molecular complexity index is 259. The van der Waals surface area contributed by atoms with Crippen molar-refractivity contribution in [3.8, 4) is 0 Å². The molecule has 0 saturated heterocycles. The summed E-state index contributed by atoms with van der Waals surface area (Å²) in [5, 5.41) is 8.34. The summed E-state index contributed by atoms with van der Waals surface area (Å²) in [6, 6.07) is 0.602. The molecule has 0 aromatic rings. The van der Waals surface area contributed by atoms with Gasteiger partial charge in [0.2, 0.25) is 0 Å². The van der Waals surface area contributed by atoms with Crippen LogP contribution < -0.4 is 10.6 Å². The molecule has 3 nitrogen and oxygen atoms in total. The number of hydrogen-bond acceptors (Lipinski definition) is 3. The SMILES string of the molecule is CCNC(=NCC(C)SC)NC1CCC(SC)C1. The van der Waals surface area contributed by atoms with Crippen LogP contribution in [0.3, 0.4) is 0 Å². The average Bonchev–Trinajstić information content (AvgIpc) is 2.83. The van der Waals surface area contributed by atoms with E-state index in [2.05, 4.69) is 42.0 Å². The van der Waals surface area contributed by atoms with Gasteiger partial charge in [-0.1, -0.05) is 6.92 Å². The largest absolute Gasteiger partial charge is 0.357 e. The van der Waals surface area contributed by atoms with Gasteiger partial charge in [-0.2, -0.15) is 23.5 Å². The van der Waals surface area contributed by atoms with Gasteiger partial charge >= 0.3 is 0 Å². The Morgan fingerprint density at radius 1 is 1.39 bits per heavy atom. The smallest absolute Gasteiger partial charge is 0.191 e. The van der Waals surface area contributed by atoms with Crippen LogP contribution in [0.1, 0.15) is 33.1 Å². The maximum Gasteiger partial charge on any atom is 0.191 e. The summed E-state index contributed by atoms with van der Waals surface area (Å²) in [6.07, 6.45) is 8.23. The fraction of sp³-hybridized carbons (Fsp3) is 0.923. The van der Waals surface area contributed by atoms with E-state index < -0.39 is 0 Å². The van der Waals surface area contributed by atoms with Crippen molar-refractivity contribution in [1.29, 1.82) is 0 Å². The summed E-state index contributed by atoms with van der Waals surface area (Å²) in [5.74, 6) is 0.991. The highest BCUT2D eigenvalue weighted by atomic mass is 32.2. The molecule has 0 aromatic carbocycles. The molecule has 3 unspecified atom stereocenters. The van der Waals surface area contributed by atoms with Gasteiger partial charge in [0.1, 0.15) is 0 Å². The third-order valence-corrected chi connectivity index (χ3v) is 5.36. The molecule has 18 heavy (non-hydrogen) atoms. The van der Waals surface area contributed by atoms with E-state index in [-0.39, 0.29) is 0 Å². The lowest BCUT2D eigenvalue weighted by Crippen LogP contribution is -2.42. The van der Waals surface area contributed by atoms with Crippen molar-refractivity contribution in [3.63, 3.8) is 0 Å². The Hall–Kier alpha value is -0.0300. The normalized spacial score (nSPS) is 26.1. The molecule has 106 valence electrons. The molecule has 0 heterocycles. The second-order valence-electron chi connectivity index (χ2n) is 4.78. The van der Waals surface area contributed by atoms with Gasteiger partial charge in [0.15, 0.2) is 5.96 Å². The van der Waals surface area contributed by atoms with Crippen molar-refractivity contribution in [1.82, 2.24) is 10.6 Å². The minimum absolute atomic E-state index is 0.586. The second-order valence-corrected chi connectivity index (χ2v) is 7.19. The van der Waals surface area contributed by atoms with Crippen LogP contribution >= 0.6 is 23.5 Å². The van der Waals surface area contributed by atoms with Crippen molar-refractivity contribution in [3.05, 3.63) is 0 Å². The molecule has 1 rings (SSSR count).